The number of halogens is 1. The van der Waals surface area contributed by atoms with Crippen molar-refractivity contribution in [3.63, 3.8) is 0 Å². The molecule has 0 fully saturated rings. The molecule has 0 aliphatic carbocycles. The van der Waals surface area contributed by atoms with Crippen LogP contribution >= 0.6 is 11.6 Å². The Bertz CT molecular complexity index is 533. The van der Waals surface area contributed by atoms with Gasteiger partial charge in [-0.3, -0.25) is 9.48 Å². The van der Waals surface area contributed by atoms with Crippen molar-refractivity contribution in [3.05, 3.63) is 28.9 Å². The van der Waals surface area contributed by atoms with Crippen LogP contribution in [-0.2, 0) is 18.3 Å². The predicted octanol–water partition coefficient (Wildman–Crippen LogP) is 1.25. The van der Waals surface area contributed by atoms with Gasteiger partial charge in [-0.15, -0.1) is 0 Å². The Kier molecular flexibility index (Phi) is 2.36. The normalized spacial score (nSPS) is 10.8. The number of nitrogens with two attached hydrogens (primary N) is 1. The minimum absolute atomic E-state index is 0.223. The van der Waals surface area contributed by atoms with Gasteiger partial charge < -0.3 is 5.73 Å². The standard InChI is InChI=1S/C10H10ClN3O/c1-14-10(11)7-4-6(5-9(12)15)2-3-8(7)13-14/h2-4H,5H2,1H3,(H2,12,15). The minimum Gasteiger partial charge on any atom is -0.369 e. The first-order valence-electron chi connectivity index (χ1n) is 4.47. The second kappa shape index (κ2) is 3.55. The molecule has 1 amide bonds. The number of hydrogen-bond donors (Lipinski definition) is 1. The number of hydrogen-bond acceptors (Lipinski definition) is 2. The molecular weight excluding hydrogens is 214 g/mol. The molecule has 0 bridgehead atoms. The number of fused-ring (bicyclic) bond motifs is 1. The quantitative estimate of drug-likeness (QED) is 0.833. The minimum atomic E-state index is -0.352. The van der Waals surface area contributed by atoms with E-state index in [9.17, 15) is 4.79 Å². The van der Waals surface area contributed by atoms with E-state index in [1.807, 2.05) is 18.2 Å². The molecule has 0 aliphatic rings. The Morgan fingerprint density at radius 2 is 2.33 bits per heavy atom. The summed E-state index contributed by atoms with van der Waals surface area (Å²) in [5.74, 6) is -0.352. The van der Waals surface area contributed by atoms with E-state index in [1.54, 1.807) is 11.7 Å². The third-order valence-corrected chi connectivity index (χ3v) is 2.65. The summed E-state index contributed by atoms with van der Waals surface area (Å²) >= 11 is 6.03. The molecule has 2 aromatic rings. The smallest absolute Gasteiger partial charge is 0.221 e. The van der Waals surface area contributed by atoms with E-state index in [1.165, 1.54) is 0 Å². The van der Waals surface area contributed by atoms with Gasteiger partial charge in [-0.25, -0.2) is 0 Å². The molecule has 0 saturated heterocycles. The lowest BCUT2D eigenvalue weighted by Gasteiger charge is -1.97. The van der Waals surface area contributed by atoms with Crippen LogP contribution in [0.5, 0.6) is 0 Å². The van der Waals surface area contributed by atoms with Gasteiger partial charge in [0.1, 0.15) is 5.15 Å². The summed E-state index contributed by atoms with van der Waals surface area (Å²) in [6, 6.07) is 5.51. The molecule has 78 valence electrons. The first kappa shape index (κ1) is 9.98. The highest BCUT2D eigenvalue weighted by atomic mass is 35.5. The van der Waals surface area contributed by atoms with Crippen molar-refractivity contribution in [1.29, 1.82) is 0 Å². The van der Waals surface area contributed by atoms with Gasteiger partial charge in [-0.1, -0.05) is 17.7 Å². The first-order valence-corrected chi connectivity index (χ1v) is 4.85. The molecule has 2 N–H and O–H groups in total. The highest BCUT2D eigenvalue weighted by Gasteiger charge is 2.07. The summed E-state index contributed by atoms with van der Waals surface area (Å²) in [6.45, 7) is 0. The largest absolute Gasteiger partial charge is 0.369 e. The molecule has 1 aromatic heterocycles. The fourth-order valence-electron chi connectivity index (χ4n) is 1.53. The second-order valence-electron chi connectivity index (χ2n) is 3.41. The second-order valence-corrected chi connectivity index (χ2v) is 3.77. The lowest BCUT2D eigenvalue weighted by molar-refractivity contribution is -0.117. The van der Waals surface area contributed by atoms with Crippen LogP contribution in [0.15, 0.2) is 18.2 Å². The summed E-state index contributed by atoms with van der Waals surface area (Å²) in [5.41, 5.74) is 6.79. The molecule has 0 saturated carbocycles. The molecule has 0 atom stereocenters. The van der Waals surface area contributed by atoms with Crippen molar-refractivity contribution in [3.8, 4) is 0 Å². The van der Waals surface area contributed by atoms with Crippen LogP contribution in [0.1, 0.15) is 5.56 Å². The van der Waals surface area contributed by atoms with E-state index >= 15 is 0 Å². The van der Waals surface area contributed by atoms with Gasteiger partial charge in [0.05, 0.1) is 11.9 Å². The summed E-state index contributed by atoms with van der Waals surface area (Å²) in [5, 5.41) is 5.61. The predicted molar refractivity (Wildman–Crippen MR) is 58.6 cm³/mol. The topological polar surface area (TPSA) is 60.9 Å². The van der Waals surface area contributed by atoms with Gasteiger partial charge in [0.2, 0.25) is 5.91 Å². The van der Waals surface area contributed by atoms with Crippen LogP contribution in [0.3, 0.4) is 0 Å². The lowest BCUT2D eigenvalue weighted by Crippen LogP contribution is -2.13. The number of aromatic nitrogens is 2. The van der Waals surface area contributed by atoms with Crippen molar-refractivity contribution in [2.45, 2.75) is 6.42 Å². The highest BCUT2D eigenvalue weighted by Crippen LogP contribution is 2.23. The molecule has 4 nitrogen and oxygen atoms in total. The van der Waals surface area contributed by atoms with E-state index in [0.29, 0.717) is 5.15 Å². The van der Waals surface area contributed by atoms with Gasteiger partial charge in [-0.2, -0.15) is 5.10 Å². The molecule has 15 heavy (non-hydrogen) atoms. The maximum atomic E-state index is 10.8. The summed E-state index contributed by atoms with van der Waals surface area (Å²) in [4.78, 5) is 10.8. The molecule has 0 aliphatic heterocycles. The maximum Gasteiger partial charge on any atom is 0.221 e. The monoisotopic (exact) mass is 223 g/mol. The number of carbonyl (C=O) groups is 1. The number of rotatable bonds is 2. The Morgan fingerprint density at radius 1 is 1.60 bits per heavy atom. The molecule has 1 heterocycles. The maximum absolute atomic E-state index is 10.8. The molecule has 2 rings (SSSR count). The summed E-state index contributed by atoms with van der Waals surface area (Å²) < 4.78 is 1.60. The van der Waals surface area contributed by atoms with Gasteiger partial charge in [0.25, 0.3) is 0 Å². The fourth-order valence-corrected chi connectivity index (χ4v) is 1.72. The average Bonchev–Trinajstić information content (AvgIpc) is 2.43. The Hall–Kier alpha value is -1.55. The van der Waals surface area contributed by atoms with E-state index in [2.05, 4.69) is 5.10 Å². The molecule has 0 unspecified atom stereocenters. The van der Waals surface area contributed by atoms with Crippen LogP contribution in [0.25, 0.3) is 10.9 Å². The SMILES string of the molecule is Cn1nc2ccc(CC(N)=O)cc2c1Cl. The van der Waals surface area contributed by atoms with Gasteiger partial charge in [-0.05, 0) is 17.7 Å². The molecule has 0 spiro atoms. The number of primary amides is 1. The Morgan fingerprint density at radius 3 is 3.00 bits per heavy atom. The fraction of sp³-hybridized carbons (Fsp3) is 0.200. The first-order chi connectivity index (χ1) is 7.08. The third kappa shape index (κ3) is 1.80. The summed E-state index contributed by atoms with van der Waals surface area (Å²) in [7, 11) is 1.77. The van der Waals surface area contributed by atoms with Crippen molar-refractivity contribution in [2.24, 2.45) is 12.8 Å². The molecule has 1 aromatic carbocycles. The zero-order chi connectivity index (χ0) is 11.0. The van der Waals surface area contributed by atoms with Gasteiger partial charge >= 0.3 is 0 Å². The van der Waals surface area contributed by atoms with E-state index in [0.717, 1.165) is 16.5 Å². The molecule has 5 heteroatoms. The van der Waals surface area contributed by atoms with Crippen LogP contribution in [0, 0.1) is 0 Å². The zero-order valence-corrected chi connectivity index (χ0v) is 8.95. The van der Waals surface area contributed by atoms with Crippen LogP contribution in [-0.4, -0.2) is 15.7 Å². The number of carbonyl (C=O) groups excluding carboxylic acids is 1. The van der Waals surface area contributed by atoms with Crippen molar-refractivity contribution < 1.29 is 4.79 Å². The highest BCUT2D eigenvalue weighted by molar-refractivity contribution is 6.34. The van der Waals surface area contributed by atoms with Crippen LogP contribution in [0.2, 0.25) is 5.15 Å². The molecular formula is C10H10ClN3O. The number of aryl methyl sites for hydroxylation is 1. The Balaban J connectivity index is 2.54. The third-order valence-electron chi connectivity index (χ3n) is 2.20. The van der Waals surface area contributed by atoms with E-state index in [-0.39, 0.29) is 12.3 Å². The number of benzene rings is 1. The van der Waals surface area contributed by atoms with Crippen molar-refractivity contribution >= 4 is 28.4 Å². The van der Waals surface area contributed by atoms with E-state index < -0.39 is 0 Å². The number of nitrogens with zero attached hydrogens (tertiary/aromatic N) is 2. The van der Waals surface area contributed by atoms with Crippen molar-refractivity contribution in [1.82, 2.24) is 9.78 Å². The zero-order valence-electron chi connectivity index (χ0n) is 8.20. The summed E-state index contributed by atoms with van der Waals surface area (Å²) in [6.07, 6.45) is 0.223. The molecule has 0 radical (unpaired) electrons. The van der Waals surface area contributed by atoms with Crippen LogP contribution < -0.4 is 5.73 Å². The van der Waals surface area contributed by atoms with E-state index in [4.69, 9.17) is 17.3 Å². The average molecular weight is 224 g/mol. The van der Waals surface area contributed by atoms with Crippen LogP contribution in [0.4, 0.5) is 0 Å². The Labute approximate surface area is 91.6 Å². The van der Waals surface area contributed by atoms with Gasteiger partial charge in [0, 0.05) is 12.4 Å². The lowest BCUT2D eigenvalue weighted by atomic mass is 10.1. The number of amides is 1. The van der Waals surface area contributed by atoms with Crippen molar-refractivity contribution in [2.75, 3.05) is 0 Å². The van der Waals surface area contributed by atoms with Gasteiger partial charge in [0.15, 0.2) is 0 Å².